The fourth-order valence-corrected chi connectivity index (χ4v) is 2.58. The highest BCUT2D eigenvalue weighted by Crippen LogP contribution is 2.29. The summed E-state index contributed by atoms with van der Waals surface area (Å²) >= 11 is 0. The molecule has 1 N–H and O–H groups in total. The van der Waals surface area contributed by atoms with Gasteiger partial charge in [-0.15, -0.1) is 0 Å². The number of nitrogens with zero attached hydrogens (tertiary/aromatic N) is 1. The summed E-state index contributed by atoms with van der Waals surface area (Å²) in [7, 11) is 0. The van der Waals surface area contributed by atoms with Gasteiger partial charge in [-0.2, -0.15) is 0 Å². The molecule has 2 aromatic carbocycles. The van der Waals surface area contributed by atoms with E-state index < -0.39 is 11.0 Å². The van der Waals surface area contributed by atoms with Crippen LogP contribution in [-0.4, -0.2) is 16.9 Å². The van der Waals surface area contributed by atoms with Gasteiger partial charge in [-0.3, -0.25) is 14.9 Å². The van der Waals surface area contributed by atoms with E-state index in [2.05, 4.69) is 5.32 Å². The second-order valence-electron chi connectivity index (χ2n) is 5.55. The Labute approximate surface area is 133 Å². The van der Waals surface area contributed by atoms with Gasteiger partial charge in [0, 0.05) is 17.8 Å². The fourth-order valence-electron chi connectivity index (χ4n) is 2.58. The molecule has 2 aromatic rings. The van der Waals surface area contributed by atoms with Crippen LogP contribution in [0.1, 0.15) is 17.5 Å². The number of nitro benzene ring substituents is 1. The molecule has 118 valence electrons. The monoisotopic (exact) mass is 312 g/mol. The molecule has 1 heterocycles. The lowest BCUT2D eigenvalue weighted by molar-refractivity contribution is -0.384. The minimum atomic E-state index is -0.594. The van der Waals surface area contributed by atoms with Crippen LogP contribution in [0.2, 0.25) is 0 Å². The first-order chi connectivity index (χ1) is 11.0. The normalized spacial score (nSPS) is 16.1. The Morgan fingerprint density at radius 1 is 1.30 bits per heavy atom. The van der Waals surface area contributed by atoms with Crippen LogP contribution in [0.4, 0.5) is 11.4 Å². The number of non-ortho nitro benzene ring substituents is 1. The Balaban J connectivity index is 1.72. The summed E-state index contributed by atoms with van der Waals surface area (Å²) < 4.78 is 5.78. The number of nitro groups is 1. The average Bonchev–Trinajstić information content (AvgIpc) is 2.54. The standard InChI is InChI=1S/C17H16N2O4/c1-11-5-6-12-7-8-15(23-16(12)9-11)17(20)18-13-3-2-4-14(10-13)19(21)22/h2-6,9-10,15H,7-8H2,1H3,(H,18,20). The maximum absolute atomic E-state index is 12.3. The zero-order chi connectivity index (χ0) is 16.4. The first kappa shape index (κ1) is 15.0. The number of aryl methyl sites for hydroxylation is 2. The van der Waals surface area contributed by atoms with Gasteiger partial charge in [0.1, 0.15) is 5.75 Å². The lowest BCUT2D eigenvalue weighted by Gasteiger charge is -2.25. The molecule has 3 rings (SSSR count). The molecule has 0 spiro atoms. The average molecular weight is 312 g/mol. The molecule has 6 nitrogen and oxygen atoms in total. The van der Waals surface area contributed by atoms with Gasteiger partial charge in [0.25, 0.3) is 11.6 Å². The van der Waals surface area contributed by atoms with Gasteiger partial charge in [0.15, 0.2) is 6.10 Å². The lowest BCUT2D eigenvalue weighted by atomic mass is 10.0. The molecule has 0 aliphatic carbocycles. The number of benzene rings is 2. The molecule has 0 bridgehead atoms. The molecule has 1 atom stereocenters. The van der Waals surface area contributed by atoms with Crippen LogP contribution in [0.5, 0.6) is 5.75 Å². The summed E-state index contributed by atoms with van der Waals surface area (Å²) in [6.45, 7) is 1.97. The van der Waals surface area contributed by atoms with Gasteiger partial charge in [-0.05, 0) is 43.0 Å². The third-order valence-electron chi connectivity index (χ3n) is 3.78. The zero-order valence-electron chi connectivity index (χ0n) is 12.6. The van der Waals surface area contributed by atoms with Gasteiger partial charge in [0.2, 0.25) is 0 Å². The van der Waals surface area contributed by atoms with E-state index in [4.69, 9.17) is 4.74 Å². The molecule has 0 radical (unpaired) electrons. The smallest absolute Gasteiger partial charge is 0.271 e. The summed E-state index contributed by atoms with van der Waals surface area (Å²) in [4.78, 5) is 22.6. The van der Waals surface area contributed by atoms with E-state index in [1.165, 1.54) is 18.2 Å². The van der Waals surface area contributed by atoms with E-state index in [0.717, 1.165) is 23.3 Å². The van der Waals surface area contributed by atoms with Gasteiger partial charge < -0.3 is 10.1 Å². The number of fused-ring (bicyclic) bond motifs is 1. The highest BCUT2D eigenvalue weighted by atomic mass is 16.6. The highest BCUT2D eigenvalue weighted by molar-refractivity contribution is 5.94. The van der Waals surface area contributed by atoms with Crippen molar-refractivity contribution < 1.29 is 14.5 Å². The number of nitrogens with one attached hydrogen (secondary N) is 1. The predicted octanol–water partition coefficient (Wildman–Crippen LogP) is 3.24. The van der Waals surface area contributed by atoms with E-state index in [1.54, 1.807) is 6.07 Å². The van der Waals surface area contributed by atoms with Crippen molar-refractivity contribution in [1.29, 1.82) is 0 Å². The van der Waals surface area contributed by atoms with E-state index >= 15 is 0 Å². The number of carbonyl (C=O) groups excluding carboxylic acids is 1. The minimum Gasteiger partial charge on any atom is -0.480 e. The van der Waals surface area contributed by atoms with Crippen molar-refractivity contribution in [2.24, 2.45) is 0 Å². The van der Waals surface area contributed by atoms with Crippen molar-refractivity contribution >= 4 is 17.3 Å². The molecule has 1 aliphatic rings. The number of rotatable bonds is 3. The van der Waals surface area contributed by atoms with Gasteiger partial charge >= 0.3 is 0 Å². The number of ether oxygens (including phenoxy) is 1. The molecular weight excluding hydrogens is 296 g/mol. The van der Waals surface area contributed by atoms with E-state index in [0.29, 0.717) is 12.1 Å². The minimum absolute atomic E-state index is 0.0617. The van der Waals surface area contributed by atoms with Crippen LogP contribution < -0.4 is 10.1 Å². The van der Waals surface area contributed by atoms with E-state index in [9.17, 15) is 14.9 Å². The molecule has 6 heteroatoms. The van der Waals surface area contributed by atoms with Gasteiger partial charge in [-0.1, -0.05) is 18.2 Å². The Morgan fingerprint density at radius 2 is 2.13 bits per heavy atom. The van der Waals surface area contributed by atoms with Crippen LogP contribution in [0.15, 0.2) is 42.5 Å². The summed E-state index contributed by atoms with van der Waals surface area (Å²) in [6.07, 6.45) is 0.753. The predicted molar refractivity (Wildman–Crippen MR) is 85.6 cm³/mol. The maximum atomic E-state index is 12.3. The van der Waals surface area contributed by atoms with Crippen molar-refractivity contribution in [3.8, 4) is 5.75 Å². The Bertz CT molecular complexity index is 773. The number of anilines is 1. The summed E-state index contributed by atoms with van der Waals surface area (Å²) in [5, 5.41) is 13.5. The molecular formula is C17H16N2O4. The molecule has 23 heavy (non-hydrogen) atoms. The topological polar surface area (TPSA) is 81.5 Å². The van der Waals surface area contributed by atoms with Crippen LogP contribution in [-0.2, 0) is 11.2 Å². The van der Waals surface area contributed by atoms with Crippen LogP contribution >= 0.6 is 0 Å². The van der Waals surface area contributed by atoms with E-state index in [-0.39, 0.29) is 11.6 Å². The number of hydrogen-bond acceptors (Lipinski definition) is 4. The molecule has 0 saturated heterocycles. The molecule has 0 aromatic heterocycles. The van der Waals surface area contributed by atoms with Crippen molar-refractivity contribution in [3.05, 3.63) is 63.7 Å². The highest BCUT2D eigenvalue weighted by Gasteiger charge is 2.26. The summed E-state index contributed by atoms with van der Waals surface area (Å²) in [5.41, 5.74) is 2.50. The molecule has 0 saturated carbocycles. The second kappa shape index (κ2) is 6.08. The van der Waals surface area contributed by atoms with Gasteiger partial charge in [-0.25, -0.2) is 0 Å². The summed E-state index contributed by atoms with van der Waals surface area (Å²) in [6, 6.07) is 11.8. The quantitative estimate of drug-likeness (QED) is 0.697. The first-order valence-electron chi connectivity index (χ1n) is 7.34. The Hall–Kier alpha value is -2.89. The third-order valence-corrected chi connectivity index (χ3v) is 3.78. The Kier molecular flexibility index (Phi) is 3.97. The second-order valence-corrected chi connectivity index (χ2v) is 5.55. The number of amides is 1. The number of carbonyl (C=O) groups is 1. The van der Waals surface area contributed by atoms with Crippen molar-refractivity contribution in [2.45, 2.75) is 25.9 Å². The largest absolute Gasteiger partial charge is 0.480 e. The first-order valence-corrected chi connectivity index (χ1v) is 7.34. The molecule has 1 amide bonds. The summed E-state index contributed by atoms with van der Waals surface area (Å²) in [5.74, 6) is 0.438. The van der Waals surface area contributed by atoms with Crippen molar-refractivity contribution in [1.82, 2.24) is 0 Å². The lowest BCUT2D eigenvalue weighted by Crippen LogP contribution is -2.35. The SMILES string of the molecule is Cc1ccc2c(c1)OC(C(=O)Nc1cccc([N+](=O)[O-])c1)CC2. The molecule has 1 aliphatic heterocycles. The van der Waals surface area contributed by atoms with E-state index in [1.807, 2.05) is 25.1 Å². The zero-order valence-corrected chi connectivity index (χ0v) is 12.6. The Morgan fingerprint density at radius 3 is 2.91 bits per heavy atom. The van der Waals surface area contributed by atoms with Gasteiger partial charge in [0.05, 0.1) is 4.92 Å². The van der Waals surface area contributed by atoms with Crippen LogP contribution in [0.25, 0.3) is 0 Å². The van der Waals surface area contributed by atoms with Crippen molar-refractivity contribution in [3.63, 3.8) is 0 Å². The van der Waals surface area contributed by atoms with Crippen LogP contribution in [0.3, 0.4) is 0 Å². The maximum Gasteiger partial charge on any atom is 0.271 e. The fraction of sp³-hybridized carbons (Fsp3) is 0.235. The third kappa shape index (κ3) is 3.31. The van der Waals surface area contributed by atoms with Crippen LogP contribution in [0, 0.1) is 17.0 Å². The van der Waals surface area contributed by atoms with Crippen molar-refractivity contribution in [2.75, 3.05) is 5.32 Å². The number of hydrogen-bond donors (Lipinski definition) is 1. The molecule has 0 fully saturated rings. The molecule has 1 unspecified atom stereocenters.